The molecule has 112 valence electrons. The molecule has 2 aromatic carbocycles. The zero-order chi connectivity index (χ0) is 15.6. The minimum absolute atomic E-state index is 0.0342. The van der Waals surface area contributed by atoms with E-state index in [1.165, 1.54) is 0 Å². The molecule has 0 aromatic heterocycles. The third-order valence-electron chi connectivity index (χ3n) is 2.89. The Kier molecular flexibility index (Phi) is 4.49. The van der Waals surface area contributed by atoms with Gasteiger partial charge in [0.2, 0.25) is 0 Å². The van der Waals surface area contributed by atoms with Crippen LogP contribution in [-0.4, -0.2) is 8.42 Å². The SMILES string of the molecule is Cc1ccccc1COc1c(F)cc(S(=O)(=O)Cl)cc1F. The maximum atomic E-state index is 13.8. The van der Waals surface area contributed by atoms with Crippen molar-refractivity contribution in [3.8, 4) is 5.75 Å². The summed E-state index contributed by atoms with van der Waals surface area (Å²) in [5.41, 5.74) is 1.68. The molecule has 0 fully saturated rings. The molecule has 0 N–H and O–H groups in total. The molecule has 3 nitrogen and oxygen atoms in total. The number of aryl methyl sites for hydroxylation is 1. The molecule has 0 heterocycles. The van der Waals surface area contributed by atoms with E-state index in [2.05, 4.69) is 0 Å². The van der Waals surface area contributed by atoms with Gasteiger partial charge in [0, 0.05) is 10.7 Å². The Labute approximate surface area is 125 Å². The standard InChI is InChI=1S/C14H11ClF2O3S/c1-9-4-2-3-5-10(9)8-20-14-12(16)6-11(7-13(14)17)21(15,18)19/h2-7H,8H2,1H3. The molecule has 0 amide bonds. The van der Waals surface area contributed by atoms with Gasteiger partial charge in [0.05, 0.1) is 4.90 Å². The van der Waals surface area contributed by atoms with Crippen LogP contribution in [0, 0.1) is 18.6 Å². The third kappa shape index (κ3) is 3.71. The van der Waals surface area contributed by atoms with Crippen LogP contribution in [0.1, 0.15) is 11.1 Å². The minimum atomic E-state index is -4.20. The summed E-state index contributed by atoms with van der Waals surface area (Å²) in [6, 6.07) is 8.47. The summed E-state index contributed by atoms with van der Waals surface area (Å²) in [5, 5.41) is 0. The van der Waals surface area contributed by atoms with E-state index >= 15 is 0 Å². The lowest BCUT2D eigenvalue weighted by Crippen LogP contribution is -2.03. The fraction of sp³-hybridized carbons (Fsp3) is 0.143. The van der Waals surface area contributed by atoms with E-state index in [0.29, 0.717) is 12.1 Å². The summed E-state index contributed by atoms with van der Waals surface area (Å²) < 4.78 is 54.8. The van der Waals surface area contributed by atoms with Crippen LogP contribution in [0.25, 0.3) is 0 Å². The summed E-state index contributed by atoms with van der Waals surface area (Å²) in [7, 11) is 0.845. The number of hydrogen-bond acceptors (Lipinski definition) is 3. The zero-order valence-corrected chi connectivity index (χ0v) is 12.5. The molecule has 0 saturated heterocycles. The monoisotopic (exact) mass is 332 g/mol. The van der Waals surface area contributed by atoms with Gasteiger partial charge in [0.15, 0.2) is 17.4 Å². The predicted octanol–water partition coefficient (Wildman–Crippen LogP) is 3.78. The molecular formula is C14H11ClF2O3S. The van der Waals surface area contributed by atoms with Gasteiger partial charge >= 0.3 is 0 Å². The van der Waals surface area contributed by atoms with Crippen molar-refractivity contribution >= 4 is 19.7 Å². The molecule has 2 rings (SSSR count). The fourth-order valence-electron chi connectivity index (χ4n) is 1.74. The highest BCUT2D eigenvalue weighted by atomic mass is 35.7. The number of rotatable bonds is 4. The van der Waals surface area contributed by atoms with E-state index in [4.69, 9.17) is 15.4 Å². The summed E-state index contributed by atoms with van der Waals surface area (Å²) in [6.07, 6.45) is 0. The molecule has 0 radical (unpaired) electrons. The molecule has 0 unspecified atom stereocenters. The van der Waals surface area contributed by atoms with E-state index in [-0.39, 0.29) is 6.61 Å². The van der Waals surface area contributed by atoms with Crippen molar-refractivity contribution in [1.82, 2.24) is 0 Å². The van der Waals surface area contributed by atoms with Crippen LogP contribution in [0.3, 0.4) is 0 Å². The Morgan fingerprint density at radius 3 is 2.24 bits per heavy atom. The third-order valence-corrected chi connectivity index (χ3v) is 4.22. The molecule has 21 heavy (non-hydrogen) atoms. The first-order valence-electron chi connectivity index (χ1n) is 5.90. The summed E-state index contributed by atoms with van der Waals surface area (Å²) >= 11 is 0. The highest BCUT2D eigenvalue weighted by molar-refractivity contribution is 8.13. The average Bonchev–Trinajstić information content (AvgIpc) is 2.38. The first kappa shape index (κ1) is 15.7. The minimum Gasteiger partial charge on any atom is -0.483 e. The second kappa shape index (κ2) is 5.99. The lowest BCUT2D eigenvalue weighted by atomic mass is 10.1. The van der Waals surface area contributed by atoms with Crippen LogP contribution in [0.2, 0.25) is 0 Å². The molecule has 0 saturated carbocycles. The van der Waals surface area contributed by atoms with Crippen LogP contribution >= 0.6 is 10.7 Å². The van der Waals surface area contributed by atoms with Gasteiger partial charge in [-0.25, -0.2) is 17.2 Å². The Bertz CT molecular complexity index is 753. The molecule has 0 atom stereocenters. The molecular weight excluding hydrogens is 322 g/mol. The van der Waals surface area contributed by atoms with E-state index in [9.17, 15) is 17.2 Å². The van der Waals surface area contributed by atoms with Crippen molar-refractivity contribution in [1.29, 1.82) is 0 Å². The van der Waals surface area contributed by atoms with Gasteiger partial charge in [0.1, 0.15) is 6.61 Å². The largest absolute Gasteiger partial charge is 0.483 e. The summed E-state index contributed by atoms with van der Waals surface area (Å²) in [6.45, 7) is 1.81. The van der Waals surface area contributed by atoms with Gasteiger partial charge in [-0.15, -0.1) is 0 Å². The van der Waals surface area contributed by atoms with Gasteiger partial charge < -0.3 is 4.74 Å². The van der Waals surface area contributed by atoms with Crippen molar-refractivity contribution in [2.45, 2.75) is 18.4 Å². The fourth-order valence-corrected chi connectivity index (χ4v) is 2.49. The molecule has 2 aromatic rings. The Hall–Kier alpha value is -1.66. The Morgan fingerprint density at radius 1 is 1.14 bits per heavy atom. The van der Waals surface area contributed by atoms with Crippen molar-refractivity contribution in [2.24, 2.45) is 0 Å². The topological polar surface area (TPSA) is 43.4 Å². The normalized spacial score (nSPS) is 11.4. The number of halogens is 3. The van der Waals surface area contributed by atoms with Gasteiger partial charge in [-0.05, 0) is 30.2 Å². The van der Waals surface area contributed by atoms with Gasteiger partial charge in [0.25, 0.3) is 9.05 Å². The van der Waals surface area contributed by atoms with Crippen molar-refractivity contribution < 1.29 is 21.9 Å². The smallest absolute Gasteiger partial charge is 0.261 e. The van der Waals surface area contributed by atoms with Crippen molar-refractivity contribution in [2.75, 3.05) is 0 Å². The van der Waals surface area contributed by atoms with Crippen LogP contribution in [0.5, 0.6) is 5.75 Å². The van der Waals surface area contributed by atoms with Gasteiger partial charge in [-0.3, -0.25) is 0 Å². The highest BCUT2D eigenvalue weighted by Crippen LogP contribution is 2.28. The summed E-state index contributed by atoms with van der Waals surface area (Å²) in [4.78, 5) is -0.651. The average molecular weight is 333 g/mol. The Balaban J connectivity index is 2.28. The lowest BCUT2D eigenvalue weighted by Gasteiger charge is -2.11. The number of hydrogen-bond donors (Lipinski definition) is 0. The van der Waals surface area contributed by atoms with E-state index in [0.717, 1.165) is 11.1 Å². The second-order valence-corrected chi connectivity index (χ2v) is 6.93. The van der Waals surface area contributed by atoms with Crippen LogP contribution in [-0.2, 0) is 15.7 Å². The number of benzene rings is 2. The van der Waals surface area contributed by atoms with E-state index in [1.807, 2.05) is 19.1 Å². The summed E-state index contributed by atoms with van der Waals surface area (Å²) in [5.74, 6) is -2.88. The maximum absolute atomic E-state index is 13.8. The van der Waals surface area contributed by atoms with E-state index < -0.39 is 31.3 Å². The quantitative estimate of drug-likeness (QED) is 0.800. The van der Waals surface area contributed by atoms with Crippen molar-refractivity contribution in [3.05, 3.63) is 59.2 Å². The first-order valence-corrected chi connectivity index (χ1v) is 8.21. The first-order chi connectivity index (χ1) is 9.79. The lowest BCUT2D eigenvalue weighted by molar-refractivity contribution is 0.272. The van der Waals surface area contributed by atoms with E-state index in [1.54, 1.807) is 12.1 Å². The zero-order valence-electron chi connectivity index (χ0n) is 10.9. The van der Waals surface area contributed by atoms with Crippen LogP contribution < -0.4 is 4.74 Å². The highest BCUT2D eigenvalue weighted by Gasteiger charge is 2.19. The molecule has 0 aliphatic rings. The van der Waals surface area contributed by atoms with Crippen LogP contribution in [0.15, 0.2) is 41.3 Å². The predicted molar refractivity (Wildman–Crippen MR) is 74.9 cm³/mol. The molecule has 0 spiro atoms. The maximum Gasteiger partial charge on any atom is 0.261 e. The van der Waals surface area contributed by atoms with Crippen molar-refractivity contribution in [3.63, 3.8) is 0 Å². The van der Waals surface area contributed by atoms with Gasteiger partial charge in [-0.2, -0.15) is 0 Å². The Morgan fingerprint density at radius 2 is 1.71 bits per heavy atom. The van der Waals surface area contributed by atoms with Crippen LogP contribution in [0.4, 0.5) is 8.78 Å². The molecule has 0 aliphatic heterocycles. The molecule has 7 heteroatoms. The van der Waals surface area contributed by atoms with Gasteiger partial charge in [-0.1, -0.05) is 24.3 Å². The molecule has 0 aliphatic carbocycles. The number of ether oxygens (including phenoxy) is 1. The molecule has 0 bridgehead atoms. The second-order valence-electron chi connectivity index (χ2n) is 4.37.